The van der Waals surface area contributed by atoms with E-state index in [9.17, 15) is 18.0 Å². The van der Waals surface area contributed by atoms with E-state index >= 15 is 0 Å². The number of fused-ring (bicyclic) bond motifs is 1. The van der Waals surface area contributed by atoms with E-state index in [1.54, 1.807) is 10.6 Å². The van der Waals surface area contributed by atoms with Gasteiger partial charge in [0.05, 0.1) is 22.5 Å². The number of sulfone groups is 1. The van der Waals surface area contributed by atoms with Crippen molar-refractivity contribution in [2.45, 2.75) is 32.5 Å². The fraction of sp³-hybridized carbons (Fsp3) is 0.467. The van der Waals surface area contributed by atoms with E-state index in [4.69, 9.17) is 0 Å². The minimum atomic E-state index is -3.04. The minimum absolute atomic E-state index is 0.0235. The summed E-state index contributed by atoms with van der Waals surface area (Å²) in [5.41, 5.74) is 1.26. The normalized spacial score (nSPS) is 20.0. The SMILES string of the molecule is CCn1c(=O)n(CC(=O)N[C@@H]2CCS(=O)(=O)C2)c2ccccc21. The summed E-state index contributed by atoms with van der Waals surface area (Å²) < 4.78 is 25.9. The quantitative estimate of drug-likeness (QED) is 0.858. The van der Waals surface area contributed by atoms with Crippen molar-refractivity contribution in [1.29, 1.82) is 0 Å². The molecule has 0 spiro atoms. The van der Waals surface area contributed by atoms with Crippen LogP contribution in [0.15, 0.2) is 29.1 Å². The van der Waals surface area contributed by atoms with Crippen LogP contribution < -0.4 is 11.0 Å². The van der Waals surface area contributed by atoms with Gasteiger partial charge in [-0.2, -0.15) is 0 Å². The van der Waals surface area contributed by atoms with Crippen LogP contribution in [0, 0.1) is 0 Å². The number of benzene rings is 1. The molecular formula is C15H19N3O4S. The molecule has 2 aromatic rings. The van der Waals surface area contributed by atoms with Crippen molar-refractivity contribution in [1.82, 2.24) is 14.5 Å². The van der Waals surface area contributed by atoms with Crippen LogP contribution >= 0.6 is 0 Å². The van der Waals surface area contributed by atoms with Crippen LogP contribution in [0.3, 0.4) is 0 Å². The molecule has 1 aliphatic rings. The Hall–Kier alpha value is -2.09. The predicted molar refractivity (Wildman–Crippen MR) is 87.1 cm³/mol. The van der Waals surface area contributed by atoms with Crippen LogP contribution in [-0.4, -0.2) is 41.0 Å². The van der Waals surface area contributed by atoms with Crippen molar-refractivity contribution < 1.29 is 13.2 Å². The zero-order chi connectivity index (χ0) is 16.6. The first-order chi connectivity index (χ1) is 10.9. The summed E-state index contributed by atoms with van der Waals surface area (Å²) in [7, 11) is -3.04. The first-order valence-electron chi connectivity index (χ1n) is 7.59. The largest absolute Gasteiger partial charge is 0.351 e. The molecule has 0 bridgehead atoms. The summed E-state index contributed by atoms with van der Waals surface area (Å²) >= 11 is 0. The van der Waals surface area contributed by atoms with Gasteiger partial charge in [-0.15, -0.1) is 0 Å². The molecule has 1 aliphatic heterocycles. The highest BCUT2D eigenvalue weighted by atomic mass is 32.2. The number of nitrogens with one attached hydrogen (secondary N) is 1. The summed E-state index contributed by atoms with van der Waals surface area (Å²) in [5, 5.41) is 2.72. The topological polar surface area (TPSA) is 90.2 Å². The van der Waals surface area contributed by atoms with Gasteiger partial charge in [0.2, 0.25) is 5.91 Å². The third kappa shape index (κ3) is 3.03. The van der Waals surface area contributed by atoms with E-state index in [0.29, 0.717) is 18.5 Å². The number of carbonyl (C=O) groups is 1. The smallest absolute Gasteiger partial charge is 0.329 e. The highest BCUT2D eigenvalue weighted by Crippen LogP contribution is 2.13. The lowest BCUT2D eigenvalue weighted by atomic mass is 10.2. The van der Waals surface area contributed by atoms with Gasteiger partial charge in [-0.1, -0.05) is 12.1 Å². The van der Waals surface area contributed by atoms with Crippen LogP contribution in [0.1, 0.15) is 13.3 Å². The lowest BCUT2D eigenvalue weighted by Gasteiger charge is -2.11. The van der Waals surface area contributed by atoms with Gasteiger partial charge in [-0.05, 0) is 25.5 Å². The first kappa shape index (κ1) is 15.8. The molecule has 1 aromatic carbocycles. The molecule has 1 atom stereocenters. The first-order valence-corrected chi connectivity index (χ1v) is 9.41. The van der Waals surface area contributed by atoms with E-state index in [-0.39, 0.29) is 35.7 Å². The Morgan fingerprint density at radius 1 is 1.26 bits per heavy atom. The fourth-order valence-electron chi connectivity index (χ4n) is 3.06. The Balaban J connectivity index is 1.83. The Bertz CT molecular complexity index is 910. The van der Waals surface area contributed by atoms with Crippen LogP contribution in [0.2, 0.25) is 0 Å². The predicted octanol–water partition coefficient (Wildman–Crippen LogP) is 0.126. The van der Waals surface area contributed by atoms with Crippen molar-refractivity contribution in [3.8, 4) is 0 Å². The number of imidazole rings is 1. The molecule has 8 heteroatoms. The maximum Gasteiger partial charge on any atom is 0.329 e. The molecule has 2 heterocycles. The highest BCUT2D eigenvalue weighted by Gasteiger charge is 2.29. The van der Waals surface area contributed by atoms with Crippen LogP contribution in [-0.2, 0) is 27.7 Å². The second-order valence-corrected chi connectivity index (χ2v) is 8.00. The Kier molecular flexibility index (Phi) is 4.01. The second-order valence-electron chi connectivity index (χ2n) is 5.77. The number of rotatable bonds is 4. The summed E-state index contributed by atoms with van der Waals surface area (Å²) in [5.74, 6) is -0.259. The molecular weight excluding hydrogens is 318 g/mol. The summed E-state index contributed by atoms with van der Waals surface area (Å²) in [6.07, 6.45) is 0.430. The molecule has 1 N–H and O–H groups in total. The lowest BCUT2D eigenvalue weighted by molar-refractivity contribution is -0.122. The number of nitrogens with zero attached hydrogens (tertiary/aromatic N) is 2. The van der Waals surface area contributed by atoms with Crippen LogP contribution in [0.5, 0.6) is 0 Å². The number of aryl methyl sites for hydroxylation is 1. The number of hydrogen-bond acceptors (Lipinski definition) is 4. The third-order valence-corrected chi connectivity index (χ3v) is 5.91. The maximum atomic E-state index is 12.4. The van der Waals surface area contributed by atoms with E-state index in [2.05, 4.69) is 5.32 Å². The van der Waals surface area contributed by atoms with Crippen molar-refractivity contribution in [3.63, 3.8) is 0 Å². The highest BCUT2D eigenvalue weighted by molar-refractivity contribution is 7.91. The zero-order valence-corrected chi connectivity index (χ0v) is 13.7. The number of amides is 1. The Labute approximate surface area is 133 Å². The molecule has 1 fully saturated rings. The Morgan fingerprint density at radius 3 is 2.48 bits per heavy atom. The number of aromatic nitrogens is 2. The summed E-state index contributed by atoms with van der Waals surface area (Å²) in [6, 6.07) is 6.96. The fourth-order valence-corrected chi connectivity index (χ4v) is 4.73. The molecule has 1 aromatic heterocycles. The minimum Gasteiger partial charge on any atom is -0.351 e. The van der Waals surface area contributed by atoms with Gasteiger partial charge in [0.15, 0.2) is 9.84 Å². The van der Waals surface area contributed by atoms with Gasteiger partial charge in [-0.3, -0.25) is 13.9 Å². The number of carbonyl (C=O) groups excluding carboxylic acids is 1. The van der Waals surface area contributed by atoms with Gasteiger partial charge >= 0.3 is 5.69 Å². The molecule has 1 amide bonds. The molecule has 0 radical (unpaired) electrons. The summed E-state index contributed by atoms with van der Waals surface area (Å²) in [4.78, 5) is 24.6. The molecule has 124 valence electrons. The van der Waals surface area contributed by atoms with Crippen LogP contribution in [0.4, 0.5) is 0 Å². The van der Waals surface area contributed by atoms with E-state index in [0.717, 1.165) is 5.52 Å². The molecule has 0 saturated carbocycles. The van der Waals surface area contributed by atoms with Gasteiger partial charge in [-0.25, -0.2) is 13.2 Å². The second kappa shape index (κ2) is 5.84. The van der Waals surface area contributed by atoms with E-state index < -0.39 is 9.84 Å². The molecule has 7 nitrogen and oxygen atoms in total. The van der Waals surface area contributed by atoms with Crippen molar-refractivity contribution in [2.75, 3.05) is 11.5 Å². The molecule has 0 aliphatic carbocycles. The van der Waals surface area contributed by atoms with E-state index in [1.165, 1.54) is 4.57 Å². The number of hydrogen-bond donors (Lipinski definition) is 1. The molecule has 1 saturated heterocycles. The average Bonchev–Trinajstić information content (AvgIpc) is 2.97. The number of para-hydroxylation sites is 2. The van der Waals surface area contributed by atoms with Gasteiger partial charge < -0.3 is 5.32 Å². The summed E-state index contributed by atoms with van der Waals surface area (Å²) in [6.45, 7) is 2.29. The lowest BCUT2D eigenvalue weighted by Crippen LogP contribution is -2.39. The van der Waals surface area contributed by atoms with Gasteiger partial charge in [0.1, 0.15) is 6.54 Å². The van der Waals surface area contributed by atoms with E-state index in [1.807, 2.05) is 25.1 Å². The van der Waals surface area contributed by atoms with Crippen molar-refractivity contribution in [3.05, 3.63) is 34.7 Å². The Morgan fingerprint density at radius 2 is 1.91 bits per heavy atom. The van der Waals surface area contributed by atoms with Crippen molar-refractivity contribution >= 4 is 26.8 Å². The average molecular weight is 337 g/mol. The molecule has 0 unspecified atom stereocenters. The zero-order valence-electron chi connectivity index (χ0n) is 12.9. The van der Waals surface area contributed by atoms with Crippen molar-refractivity contribution in [2.24, 2.45) is 0 Å². The van der Waals surface area contributed by atoms with Crippen LogP contribution in [0.25, 0.3) is 11.0 Å². The molecule has 23 heavy (non-hydrogen) atoms. The van der Waals surface area contributed by atoms with Gasteiger partial charge in [0.25, 0.3) is 0 Å². The third-order valence-electron chi connectivity index (χ3n) is 4.14. The molecule has 3 rings (SSSR count). The monoisotopic (exact) mass is 337 g/mol. The van der Waals surface area contributed by atoms with Gasteiger partial charge in [0, 0.05) is 12.6 Å². The maximum absolute atomic E-state index is 12.4. The standard InChI is InChI=1S/C15H19N3O4S/c1-2-17-12-5-3-4-6-13(12)18(15(17)20)9-14(19)16-11-7-8-23(21,22)10-11/h3-6,11H,2,7-10H2,1H3,(H,16,19)/t11-/m1/s1.